The number of esters is 1. The average molecular weight is 430 g/mol. The van der Waals surface area contributed by atoms with E-state index in [-0.39, 0.29) is 23.8 Å². The van der Waals surface area contributed by atoms with Crippen LogP contribution in [-0.2, 0) is 20.7 Å². The highest BCUT2D eigenvalue weighted by Gasteiger charge is 2.28. The Kier molecular flexibility index (Phi) is 11.4. The summed E-state index contributed by atoms with van der Waals surface area (Å²) in [4.78, 5) is 25.3. The van der Waals surface area contributed by atoms with E-state index >= 15 is 0 Å². The summed E-state index contributed by atoms with van der Waals surface area (Å²) in [7, 11) is 1.41. The van der Waals surface area contributed by atoms with Gasteiger partial charge in [0.2, 0.25) is 5.91 Å². The molecule has 2 rings (SSSR count). The molecule has 3 atom stereocenters. The van der Waals surface area contributed by atoms with E-state index < -0.39 is 6.10 Å². The number of aliphatic hydroxyl groups excluding tert-OH is 1. The van der Waals surface area contributed by atoms with Crippen molar-refractivity contribution in [3.63, 3.8) is 0 Å². The Balaban J connectivity index is 1.68. The van der Waals surface area contributed by atoms with Crippen LogP contribution >= 0.6 is 0 Å². The molecule has 1 fully saturated rings. The number of unbranched alkanes of at least 4 members (excludes halogenated alkanes) is 3. The van der Waals surface area contributed by atoms with Gasteiger partial charge in [-0.15, -0.1) is 0 Å². The summed E-state index contributed by atoms with van der Waals surface area (Å²) in [6.45, 7) is 2.83. The first-order valence-corrected chi connectivity index (χ1v) is 11.8. The van der Waals surface area contributed by atoms with Crippen molar-refractivity contribution in [2.75, 3.05) is 13.7 Å². The summed E-state index contributed by atoms with van der Waals surface area (Å²) in [5.41, 5.74) is 1.34. The molecule has 0 radical (unpaired) electrons. The van der Waals surface area contributed by atoms with E-state index in [1.165, 1.54) is 12.7 Å². The monoisotopic (exact) mass is 429 g/mol. The third kappa shape index (κ3) is 9.26. The number of amides is 1. The van der Waals surface area contributed by atoms with Crippen molar-refractivity contribution in [3.8, 4) is 0 Å². The predicted octanol–water partition coefficient (Wildman–Crippen LogP) is 4.68. The molecule has 0 saturated carbocycles. The third-order valence-electron chi connectivity index (χ3n) is 6.21. The van der Waals surface area contributed by atoms with Crippen molar-refractivity contribution in [1.82, 2.24) is 4.90 Å². The zero-order valence-electron chi connectivity index (χ0n) is 19.2. The summed E-state index contributed by atoms with van der Waals surface area (Å²) in [6, 6.07) is 10.5. The Labute approximate surface area is 187 Å². The normalized spacial score (nSPS) is 18.5. The number of likely N-dealkylation sites (tertiary alicyclic amines) is 1. The van der Waals surface area contributed by atoms with Crippen LogP contribution in [-0.4, -0.2) is 47.7 Å². The molecule has 1 amide bonds. The lowest BCUT2D eigenvalue weighted by Gasteiger charge is -2.23. The molecular weight excluding hydrogens is 390 g/mol. The highest BCUT2D eigenvalue weighted by molar-refractivity contribution is 5.79. The number of ether oxygens (including phenoxy) is 1. The Hall–Kier alpha value is -2.14. The zero-order chi connectivity index (χ0) is 22.5. The molecule has 1 aliphatic heterocycles. The van der Waals surface area contributed by atoms with E-state index in [1.54, 1.807) is 0 Å². The molecule has 0 spiro atoms. The number of aliphatic hydroxyl groups is 1. The second-order valence-corrected chi connectivity index (χ2v) is 8.66. The van der Waals surface area contributed by atoms with Gasteiger partial charge in [-0.3, -0.25) is 9.59 Å². The lowest BCUT2D eigenvalue weighted by molar-refractivity contribution is -0.140. The molecule has 0 bridgehead atoms. The van der Waals surface area contributed by atoms with Gasteiger partial charge in [-0.1, -0.05) is 62.2 Å². The number of hydrogen-bond donors (Lipinski definition) is 1. The van der Waals surface area contributed by atoms with Crippen LogP contribution in [0, 0.1) is 5.92 Å². The molecule has 1 aromatic carbocycles. The fourth-order valence-electron chi connectivity index (χ4n) is 4.13. The standard InChI is InChI=1S/C26H39NO4/c1-21(11-10-14-22-12-6-5-7-13-22)24(28)18-16-23-17-19-25(29)27(23)20-9-4-3-8-15-26(30)31-2/h5-7,12-13,16,18,21,23-24,28H,3-4,8-11,14-15,17,19-20H2,1-2H3/b18-16+/t21-,23+,24-/m1/s1. The van der Waals surface area contributed by atoms with Gasteiger partial charge in [0.15, 0.2) is 0 Å². The molecule has 31 heavy (non-hydrogen) atoms. The largest absolute Gasteiger partial charge is 0.469 e. The van der Waals surface area contributed by atoms with Crippen molar-refractivity contribution in [2.45, 2.75) is 83.3 Å². The van der Waals surface area contributed by atoms with Crippen LogP contribution in [0.3, 0.4) is 0 Å². The van der Waals surface area contributed by atoms with Crippen LogP contribution in [0.15, 0.2) is 42.5 Å². The number of nitrogens with zero attached hydrogens (tertiary/aromatic N) is 1. The van der Waals surface area contributed by atoms with Crippen LogP contribution < -0.4 is 0 Å². The second-order valence-electron chi connectivity index (χ2n) is 8.66. The number of carbonyl (C=O) groups is 2. The number of benzene rings is 1. The molecule has 1 aliphatic rings. The highest BCUT2D eigenvalue weighted by atomic mass is 16.5. The maximum atomic E-state index is 12.3. The van der Waals surface area contributed by atoms with Gasteiger partial charge in [-0.25, -0.2) is 0 Å². The van der Waals surface area contributed by atoms with Crippen molar-refractivity contribution in [1.29, 1.82) is 0 Å². The van der Waals surface area contributed by atoms with Crippen LogP contribution in [0.25, 0.3) is 0 Å². The van der Waals surface area contributed by atoms with Crippen molar-refractivity contribution in [2.24, 2.45) is 5.92 Å². The van der Waals surface area contributed by atoms with Crippen LogP contribution in [0.4, 0.5) is 0 Å². The van der Waals surface area contributed by atoms with Gasteiger partial charge in [0, 0.05) is 19.4 Å². The quantitative estimate of drug-likeness (QED) is 0.265. The molecule has 5 nitrogen and oxygen atoms in total. The van der Waals surface area contributed by atoms with E-state index in [0.717, 1.165) is 57.9 Å². The third-order valence-corrected chi connectivity index (χ3v) is 6.21. The van der Waals surface area contributed by atoms with Crippen LogP contribution in [0.2, 0.25) is 0 Å². The minimum Gasteiger partial charge on any atom is -0.469 e. The van der Waals surface area contributed by atoms with Crippen LogP contribution in [0.5, 0.6) is 0 Å². The molecule has 0 aromatic heterocycles. The first-order chi connectivity index (χ1) is 15.0. The summed E-state index contributed by atoms with van der Waals surface area (Å²) in [5.74, 6) is 0.239. The number of carbonyl (C=O) groups excluding carboxylic acids is 2. The molecule has 0 unspecified atom stereocenters. The van der Waals surface area contributed by atoms with E-state index in [4.69, 9.17) is 0 Å². The zero-order valence-corrected chi connectivity index (χ0v) is 19.2. The Morgan fingerprint density at radius 3 is 2.68 bits per heavy atom. The Morgan fingerprint density at radius 1 is 1.19 bits per heavy atom. The second kappa shape index (κ2) is 14.0. The highest BCUT2D eigenvalue weighted by Crippen LogP contribution is 2.22. The van der Waals surface area contributed by atoms with Crippen LogP contribution in [0.1, 0.15) is 70.3 Å². The van der Waals surface area contributed by atoms with Gasteiger partial charge in [-0.2, -0.15) is 0 Å². The molecule has 1 saturated heterocycles. The van der Waals surface area contributed by atoms with Gasteiger partial charge < -0.3 is 14.7 Å². The molecule has 172 valence electrons. The van der Waals surface area contributed by atoms with Crippen molar-refractivity contribution in [3.05, 3.63) is 48.0 Å². The van der Waals surface area contributed by atoms with Gasteiger partial charge in [0.05, 0.1) is 19.3 Å². The fraction of sp³-hybridized carbons (Fsp3) is 0.615. The minimum atomic E-state index is -0.480. The summed E-state index contributed by atoms with van der Waals surface area (Å²) in [6.07, 6.45) is 12.1. The maximum absolute atomic E-state index is 12.3. The number of rotatable bonds is 14. The average Bonchev–Trinajstić information content (AvgIpc) is 3.14. The summed E-state index contributed by atoms with van der Waals surface area (Å²) in [5, 5.41) is 10.5. The number of methoxy groups -OCH3 is 1. The van der Waals surface area contributed by atoms with Gasteiger partial charge in [0.1, 0.15) is 0 Å². The Bertz CT molecular complexity index is 688. The van der Waals surface area contributed by atoms with E-state index in [9.17, 15) is 14.7 Å². The smallest absolute Gasteiger partial charge is 0.305 e. The topological polar surface area (TPSA) is 66.8 Å². The first-order valence-electron chi connectivity index (χ1n) is 11.8. The molecule has 1 aromatic rings. The molecule has 1 N–H and O–H groups in total. The van der Waals surface area contributed by atoms with Gasteiger partial charge in [-0.05, 0) is 50.0 Å². The van der Waals surface area contributed by atoms with E-state index in [0.29, 0.717) is 12.8 Å². The number of hydrogen-bond acceptors (Lipinski definition) is 4. The SMILES string of the molecule is COC(=O)CCCCCCN1C(=O)CC[C@@H]1/C=C/[C@@H](O)[C@H](C)CCCc1ccccc1. The summed E-state index contributed by atoms with van der Waals surface area (Å²) < 4.78 is 4.65. The summed E-state index contributed by atoms with van der Waals surface area (Å²) >= 11 is 0. The van der Waals surface area contributed by atoms with Crippen molar-refractivity contribution < 1.29 is 19.4 Å². The lowest BCUT2D eigenvalue weighted by Crippen LogP contribution is -2.33. The molecule has 5 heteroatoms. The lowest BCUT2D eigenvalue weighted by atomic mass is 9.95. The van der Waals surface area contributed by atoms with E-state index in [1.807, 2.05) is 23.1 Å². The van der Waals surface area contributed by atoms with Gasteiger partial charge >= 0.3 is 5.97 Å². The number of aryl methyl sites for hydroxylation is 1. The van der Waals surface area contributed by atoms with Crippen molar-refractivity contribution >= 4 is 11.9 Å². The predicted molar refractivity (Wildman–Crippen MR) is 124 cm³/mol. The molecule has 0 aliphatic carbocycles. The first kappa shape index (κ1) is 25.1. The van der Waals surface area contributed by atoms with E-state index in [2.05, 4.69) is 35.9 Å². The minimum absolute atomic E-state index is 0.0914. The Morgan fingerprint density at radius 2 is 1.94 bits per heavy atom. The molecule has 1 heterocycles. The fourth-order valence-corrected chi connectivity index (χ4v) is 4.13. The van der Waals surface area contributed by atoms with Gasteiger partial charge in [0.25, 0.3) is 0 Å². The molecular formula is C26H39NO4. The maximum Gasteiger partial charge on any atom is 0.305 e.